The molecule has 1 amide bonds. The van der Waals surface area contributed by atoms with Gasteiger partial charge in [0, 0.05) is 12.7 Å². The number of nitrogens with zero attached hydrogens (tertiary/aromatic N) is 2. The van der Waals surface area contributed by atoms with Crippen LogP contribution in [0, 0.1) is 5.92 Å². The third kappa shape index (κ3) is 4.37. The second-order valence-corrected chi connectivity index (χ2v) is 7.26. The van der Waals surface area contributed by atoms with Gasteiger partial charge in [0.15, 0.2) is 0 Å². The fourth-order valence-electron chi connectivity index (χ4n) is 2.81. The first-order valence-electron chi connectivity index (χ1n) is 8.14. The summed E-state index contributed by atoms with van der Waals surface area (Å²) in [6.45, 7) is 2.64. The van der Waals surface area contributed by atoms with Crippen LogP contribution < -0.4 is 5.32 Å². The molecule has 23 heavy (non-hydrogen) atoms. The first-order chi connectivity index (χ1) is 11.2. The van der Waals surface area contributed by atoms with Crippen molar-refractivity contribution in [3.8, 4) is 11.6 Å². The molecule has 2 aromatic rings. The summed E-state index contributed by atoms with van der Waals surface area (Å²) in [6, 6.07) is 3.73. The molecular weight excluding hydrogens is 312 g/mol. The summed E-state index contributed by atoms with van der Waals surface area (Å²) in [4.78, 5) is 15.2. The largest absolute Gasteiger partial charge is 0.410 e. The molecule has 0 spiro atoms. The van der Waals surface area contributed by atoms with Crippen LogP contribution in [0.15, 0.2) is 28.0 Å². The minimum Gasteiger partial charge on any atom is -0.410 e. The Labute approximate surface area is 139 Å². The maximum Gasteiger partial charge on any atom is 0.277 e. The van der Waals surface area contributed by atoms with Crippen LogP contribution in [0.4, 0.5) is 0 Å². The van der Waals surface area contributed by atoms with Crippen molar-refractivity contribution in [2.75, 3.05) is 6.54 Å². The number of amides is 1. The van der Waals surface area contributed by atoms with Gasteiger partial charge in [-0.05, 0) is 37.8 Å². The van der Waals surface area contributed by atoms with Crippen LogP contribution in [-0.4, -0.2) is 32.9 Å². The summed E-state index contributed by atoms with van der Waals surface area (Å²) in [5.41, 5.74) is 0.777. The molecule has 1 atom stereocenters. The van der Waals surface area contributed by atoms with Crippen LogP contribution in [0.1, 0.15) is 39.0 Å². The minimum atomic E-state index is -0.254. The Balaban J connectivity index is 1.48. The SMILES string of the molecule is C[C@@H](Sc1nnc(-c2ccc[nH]2)o1)C(=O)NCC1CCCCC1. The second-order valence-electron chi connectivity index (χ2n) is 5.97. The van der Waals surface area contributed by atoms with Gasteiger partial charge >= 0.3 is 0 Å². The third-order valence-electron chi connectivity index (χ3n) is 4.17. The molecule has 0 bridgehead atoms. The zero-order valence-electron chi connectivity index (χ0n) is 13.2. The predicted molar refractivity (Wildman–Crippen MR) is 89.0 cm³/mol. The van der Waals surface area contributed by atoms with Gasteiger partial charge in [-0.25, -0.2) is 0 Å². The molecule has 3 rings (SSSR count). The van der Waals surface area contributed by atoms with E-state index in [1.165, 1.54) is 43.9 Å². The van der Waals surface area contributed by atoms with E-state index in [9.17, 15) is 4.79 Å². The Morgan fingerprint density at radius 3 is 3.00 bits per heavy atom. The molecule has 1 fully saturated rings. The molecule has 6 nitrogen and oxygen atoms in total. The number of thioether (sulfide) groups is 1. The van der Waals surface area contributed by atoms with Crippen molar-refractivity contribution in [1.82, 2.24) is 20.5 Å². The Hall–Kier alpha value is -1.76. The lowest BCUT2D eigenvalue weighted by molar-refractivity contribution is -0.120. The molecule has 1 saturated carbocycles. The first kappa shape index (κ1) is 16.1. The topological polar surface area (TPSA) is 83.8 Å². The van der Waals surface area contributed by atoms with Crippen LogP contribution in [0.2, 0.25) is 0 Å². The maximum absolute atomic E-state index is 12.2. The molecule has 0 saturated heterocycles. The van der Waals surface area contributed by atoms with Crippen molar-refractivity contribution in [2.24, 2.45) is 5.92 Å². The number of aromatic amines is 1. The van der Waals surface area contributed by atoms with Crippen molar-refractivity contribution in [3.05, 3.63) is 18.3 Å². The number of nitrogens with one attached hydrogen (secondary N) is 2. The van der Waals surface area contributed by atoms with Gasteiger partial charge in [-0.3, -0.25) is 4.79 Å². The van der Waals surface area contributed by atoms with Crippen molar-refractivity contribution >= 4 is 17.7 Å². The highest BCUT2D eigenvalue weighted by atomic mass is 32.2. The van der Waals surface area contributed by atoms with Gasteiger partial charge < -0.3 is 14.7 Å². The lowest BCUT2D eigenvalue weighted by atomic mass is 9.89. The van der Waals surface area contributed by atoms with E-state index < -0.39 is 0 Å². The minimum absolute atomic E-state index is 0.0280. The lowest BCUT2D eigenvalue weighted by Gasteiger charge is -2.22. The predicted octanol–water partition coefficient (Wildman–Crippen LogP) is 3.24. The zero-order chi connectivity index (χ0) is 16.1. The summed E-state index contributed by atoms with van der Waals surface area (Å²) < 4.78 is 5.57. The van der Waals surface area contributed by atoms with Crippen molar-refractivity contribution in [3.63, 3.8) is 0 Å². The van der Waals surface area contributed by atoms with E-state index in [4.69, 9.17) is 4.42 Å². The van der Waals surface area contributed by atoms with Gasteiger partial charge in [-0.15, -0.1) is 10.2 Å². The summed E-state index contributed by atoms with van der Waals surface area (Å²) in [6.07, 6.45) is 8.16. The van der Waals surface area contributed by atoms with Gasteiger partial charge in [-0.2, -0.15) is 0 Å². The highest BCUT2D eigenvalue weighted by Crippen LogP contribution is 2.26. The van der Waals surface area contributed by atoms with E-state index in [0.29, 0.717) is 17.0 Å². The molecule has 124 valence electrons. The number of H-pyrrole nitrogens is 1. The molecule has 2 N–H and O–H groups in total. The Bertz CT molecular complexity index is 620. The number of aromatic nitrogens is 3. The standard InChI is InChI=1S/C16H22N4O2S/c1-11(14(21)18-10-12-6-3-2-4-7-12)23-16-20-19-15(22-16)13-8-5-9-17-13/h5,8-9,11-12,17H,2-4,6-7,10H2,1H3,(H,18,21)/t11-/m1/s1. The molecule has 0 aliphatic heterocycles. The van der Waals surface area contributed by atoms with Crippen LogP contribution in [0.3, 0.4) is 0 Å². The molecule has 1 aliphatic rings. The summed E-state index contributed by atoms with van der Waals surface area (Å²) in [5.74, 6) is 1.10. The quantitative estimate of drug-likeness (QED) is 0.792. The highest BCUT2D eigenvalue weighted by molar-refractivity contribution is 8.00. The molecule has 2 aromatic heterocycles. The normalized spacial score (nSPS) is 17.1. The van der Waals surface area contributed by atoms with Crippen LogP contribution in [0.25, 0.3) is 11.6 Å². The van der Waals surface area contributed by atoms with Gasteiger partial charge in [0.25, 0.3) is 11.1 Å². The maximum atomic E-state index is 12.2. The monoisotopic (exact) mass is 334 g/mol. The molecule has 0 aromatic carbocycles. The highest BCUT2D eigenvalue weighted by Gasteiger charge is 2.20. The van der Waals surface area contributed by atoms with Crippen LogP contribution in [0.5, 0.6) is 0 Å². The summed E-state index contributed by atoms with van der Waals surface area (Å²) in [5, 5.41) is 11.2. The van der Waals surface area contributed by atoms with Crippen LogP contribution >= 0.6 is 11.8 Å². The Kier molecular flexibility index (Phi) is 5.38. The number of carbonyl (C=O) groups is 1. The number of rotatable bonds is 6. The molecule has 2 heterocycles. The Morgan fingerprint density at radius 1 is 1.43 bits per heavy atom. The van der Waals surface area contributed by atoms with E-state index >= 15 is 0 Å². The number of carbonyl (C=O) groups excluding carboxylic acids is 1. The number of hydrogen-bond acceptors (Lipinski definition) is 5. The van der Waals surface area contributed by atoms with Gasteiger partial charge in [0.1, 0.15) is 5.69 Å². The average molecular weight is 334 g/mol. The fraction of sp³-hybridized carbons (Fsp3) is 0.562. The second kappa shape index (κ2) is 7.68. The third-order valence-corrected chi connectivity index (χ3v) is 5.11. The van der Waals surface area contributed by atoms with E-state index in [-0.39, 0.29) is 11.2 Å². The van der Waals surface area contributed by atoms with E-state index in [1.807, 2.05) is 19.1 Å². The Morgan fingerprint density at radius 2 is 2.26 bits per heavy atom. The van der Waals surface area contributed by atoms with E-state index in [2.05, 4.69) is 20.5 Å². The number of hydrogen-bond donors (Lipinski definition) is 2. The van der Waals surface area contributed by atoms with Crippen molar-refractivity contribution in [1.29, 1.82) is 0 Å². The van der Waals surface area contributed by atoms with E-state index in [1.54, 1.807) is 6.20 Å². The molecule has 0 radical (unpaired) electrons. The van der Waals surface area contributed by atoms with Gasteiger partial charge in [0.05, 0.1) is 5.25 Å². The van der Waals surface area contributed by atoms with Crippen molar-refractivity contribution < 1.29 is 9.21 Å². The van der Waals surface area contributed by atoms with Gasteiger partial charge in [-0.1, -0.05) is 31.0 Å². The fourth-order valence-corrected chi connectivity index (χ4v) is 3.52. The van der Waals surface area contributed by atoms with Crippen molar-refractivity contribution in [2.45, 2.75) is 49.5 Å². The summed E-state index contributed by atoms with van der Waals surface area (Å²) in [7, 11) is 0. The lowest BCUT2D eigenvalue weighted by Crippen LogP contribution is -2.35. The first-order valence-corrected chi connectivity index (χ1v) is 9.02. The van der Waals surface area contributed by atoms with Gasteiger partial charge in [0.2, 0.25) is 5.91 Å². The average Bonchev–Trinajstić information content (AvgIpc) is 3.24. The molecular formula is C16H22N4O2S. The van der Waals surface area contributed by atoms with E-state index in [0.717, 1.165) is 12.2 Å². The molecule has 7 heteroatoms. The molecule has 1 aliphatic carbocycles. The summed E-state index contributed by atoms with van der Waals surface area (Å²) >= 11 is 1.29. The molecule has 0 unspecified atom stereocenters. The zero-order valence-corrected chi connectivity index (χ0v) is 14.1. The van der Waals surface area contributed by atoms with Crippen LogP contribution in [-0.2, 0) is 4.79 Å². The smallest absolute Gasteiger partial charge is 0.277 e.